The quantitative estimate of drug-likeness (QED) is 0.534. The molecule has 1 aromatic heterocycles. The number of aromatic amines is 1. The minimum Gasteiger partial charge on any atom is -0.490 e. The van der Waals surface area contributed by atoms with E-state index in [2.05, 4.69) is 10.2 Å². The van der Waals surface area contributed by atoms with Crippen molar-refractivity contribution in [1.82, 2.24) is 14.8 Å². The van der Waals surface area contributed by atoms with E-state index in [9.17, 15) is 10.1 Å². The molecular weight excluding hydrogens is 292 g/mol. The molecule has 112 valence electrons. The van der Waals surface area contributed by atoms with Gasteiger partial charge in [-0.15, -0.1) is 0 Å². The molecule has 7 nitrogen and oxygen atoms in total. The number of nitrogens with one attached hydrogen (secondary N) is 1. The molecule has 0 bridgehead atoms. The molecule has 2 rings (SSSR count). The molecule has 1 heterocycles. The van der Waals surface area contributed by atoms with Gasteiger partial charge in [0.05, 0.1) is 17.6 Å². The number of nitrogens with zero attached hydrogens (tertiary/aromatic N) is 3. The van der Waals surface area contributed by atoms with Crippen LogP contribution in [0.25, 0.3) is 11.4 Å². The molecule has 0 aliphatic carbocycles. The number of hydrogen-bond acceptors (Lipinski definition) is 5. The van der Waals surface area contributed by atoms with Gasteiger partial charge in [0.1, 0.15) is 0 Å². The topological polar surface area (TPSA) is 86.0 Å². The first-order chi connectivity index (χ1) is 9.77. The molecule has 1 aromatic carbocycles. The van der Waals surface area contributed by atoms with Crippen molar-refractivity contribution in [3.63, 3.8) is 0 Å². The van der Waals surface area contributed by atoms with E-state index in [1.165, 1.54) is 13.2 Å². The average molecular weight is 308 g/mol. The van der Waals surface area contributed by atoms with Gasteiger partial charge in [-0.25, -0.2) is 0 Å². The number of hydrogen-bond donors (Lipinski definition) is 1. The second kappa shape index (κ2) is 5.28. The van der Waals surface area contributed by atoms with Gasteiger partial charge in [-0.2, -0.15) is 5.10 Å². The first-order valence-electron chi connectivity index (χ1n) is 6.27. The van der Waals surface area contributed by atoms with E-state index < -0.39 is 4.92 Å². The van der Waals surface area contributed by atoms with Crippen molar-refractivity contribution in [2.24, 2.45) is 0 Å². The fourth-order valence-electron chi connectivity index (χ4n) is 2.16. The standard InChI is InChI=1S/C13H16N4O3S/c1-13(2,3)16-11(14-15-12(16)21)8-6-5-7-9(17(18)19)10(8)20-4/h5-7H,1-4H3,(H,15,21). The van der Waals surface area contributed by atoms with Gasteiger partial charge in [0.25, 0.3) is 0 Å². The Labute approximate surface area is 126 Å². The van der Waals surface area contributed by atoms with E-state index in [0.717, 1.165) is 0 Å². The number of nitro groups is 1. The number of H-pyrrole nitrogens is 1. The van der Waals surface area contributed by atoms with Crippen molar-refractivity contribution in [3.05, 3.63) is 33.1 Å². The van der Waals surface area contributed by atoms with E-state index >= 15 is 0 Å². The lowest BCUT2D eigenvalue weighted by Gasteiger charge is -2.23. The van der Waals surface area contributed by atoms with Crippen LogP contribution >= 0.6 is 12.2 Å². The van der Waals surface area contributed by atoms with Gasteiger partial charge in [-0.3, -0.25) is 19.8 Å². The summed E-state index contributed by atoms with van der Waals surface area (Å²) in [5.41, 5.74) is 0.0908. The summed E-state index contributed by atoms with van der Waals surface area (Å²) in [5.74, 6) is 0.676. The van der Waals surface area contributed by atoms with Crippen LogP contribution in [0.5, 0.6) is 5.75 Å². The van der Waals surface area contributed by atoms with Crippen molar-refractivity contribution in [3.8, 4) is 17.1 Å². The number of rotatable bonds is 3. The predicted molar refractivity (Wildman–Crippen MR) is 81.1 cm³/mol. The van der Waals surface area contributed by atoms with Gasteiger partial charge in [-0.1, -0.05) is 6.07 Å². The highest BCUT2D eigenvalue weighted by Crippen LogP contribution is 2.38. The first kappa shape index (κ1) is 15.2. The fraction of sp³-hybridized carbons (Fsp3) is 0.385. The molecule has 0 amide bonds. The number of benzene rings is 1. The highest BCUT2D eigenvalue weighted by Gasteiger charge is 2.26. The Kier molecular flexibility index (Phi) is 3.82. The Bertz CT molecular complexity index is 743. The molecule has 0 fully saturated rings. The molecule has 0 spiro atoms. The third-order valence-corrected chi connectivity index (χ3v) is 3.25. The maximum atomic E-state index is 11.1. The van der Waals surface area contributed by atoms with Crippen molar-refractivity contribution < 1.29 is 9.66 Å². The van der Waals surface area contributed by atoms with Gasteiger partial charge in [-0.05, 0) is 39.1 Å². The molecular formula is C13H16N4O3S. The van der Waals surface area contributed by atoms with Crippen LogP contribution < -0.4 is 4.74 Å². The zero-order valence-electron chi connectivity index (χ0n) is 12.2. The van der Waals surface area contributed by atoms with Gasteiger partial charge in [0.15, 0.2) is 10.6 Å². The summed E-state index contributed by atoms with van der Waals surface area (Å²) >= 11 is 5.26. The van der Waals surface area contributed by atoms with Crippen molar-refractivity contribution in [2.45, 2.75) is 26.3 Å². The smallest absolute Gasteiger partial charge is 0.311 e. The molecule has 0 saturated heterocycles. The molecule has 0 saturated carbocycles. The summed E-state index contributed by atoms with van der Waals surface area (Å²) in [7, 11) is 1.40. The highest BCUT2D eigenvalue weighted by atomic mass is 32.1. The average Bonchev–Trinajstić information content (AvgIpc) is 2.79. The Hall–Kier alpha value is -2.22. The molecule has 1 N–H and O–H groups in total. The van der Waals surface area contributed by atoms with Gasteiger partial charge in [0.2, 0.25) is 5.75 Å². The number of aromatic nitrogens is 3. The second-order valence-electron chi connectivity index (χ2n) is 5.47. The Balaban J connectivity index is 2.78. The molecule has 21 heavy (non-hydrogen) atoms. The van der Waals surface area contributed by atoms with Crippen LogP contribution in [0.2, 0.25) is 0 Å². The third kappa shape index (κ3) is 2.66. The summed E-state index contributed by atoms with van der Waals surface area (Å²) in [6, 6.07) is 4.71. The minimum atomic E-state index is -0.481. The fourth-order valence-corrected chi connectivity index (χ4v) is 2.57. The predicted octanol–water partition coefficient (Wildman–Crippen LogP) is 3.28. The third-order valence-electron chi connectivity index (χ3n) is 2.98. The maximum absolute atomic E-state index is 11.1. The monoisotopic (exact) mass is 308 g/mol. The second-order valence-corrected chi connectivity index (χ2v) is 5.86. The molecule has 0 aliphatic heterocycles. The summed E-state index contributed by atoms with van der Waals surface area (Å²) < 4.78 is 7.49. The molecule has 0 unspecified atom stereocenters. The summed E-state index contributed by atoms with van der Waals surface area (Å²) in [6.07, 6.45) is 0. The number of para-hydroxylation sites is 1. The number of ether oxygens (including phenoxy) is 1. The Morgan fingerprint density at radius 3 is 2.62 bits per heavy atom. The zero-order valence-corrected chi connectivity index (χ0v) is 13.0. The van der Waals surface area contributed by atoms with E-state index in [-0.39, 0.29) is 17.0 Å². The van der Waals surface area contributed by atoms with E-state index in [1.54, 1.807) is 12.1 Å². The normalized spacial score (nSPS) is 11.4. The maximum Gasteiger partial charge on any atom is 0.311 e. The van der Waals surface area contributed by atoms with Crippen molar-refractivity contribution in [1.29, 1.82) is 0 Å². The van der Waals surface area contributed by atoms with Crippen LogP contribution in [0.15, 0.2) is 18.2 Å². The lowest BCUT2D eigenvalue weighted by molar-refractivity contribution is -0.385. The zero-order chi connectivity index (χ0) is 15.8. The summed E-state index contributed by atoms with van der Waals surface area (Å²) in [4.78, 5) is 10.6. The van der Waals surface area contributed by atoms with Crippen LogP contribution in [0.4, 0.5) is 5.69 Å². The van der Waals surface area contributed by atoms with Crippen LogP contribution in [-0.4, -0.2) is 26.8 Å². The Morgan fingerprint density at radius 1 is 1.43 bits per heavy atom. The molecule has 8 heteroatoms. The van der Waals surface area contributed by atoms with Crippen LogP contribution in [0, 0.1) is 14.9 Å². The summed E-state index contributed by atoms with van der Waals surface area (Å²) in [6.45, 7) is 5.93. The Morgan fingerprint density at radius 2 is 2.10 bits per heavy atom. The summed E-state index contributed by atoms with van der Waals surface area (Å²) in [5, 5.41) is 18.1. The van der Waals surface area contributed by atoms with E-state index in [0.29, 0.717) is 16.2 Å². The first-order valence-corrected chi connectivity index (χ1v) is 6.68. The molecule has 0 radical (unpaired) electrons. The molecule has 0 atom stereocenters. The molecule has 2 aromatic rings. The van der Waals surface area contributed by atoms with Crippen molar-refractivity contribution >= 4 is 17.9 Å². The SMILES string of the molecule is COc1c(-c2n[nH]c(=S)n2C(C)(C)C)cccc1[N+](=O)[O-]. The van der Waals surface area contributed by atoms with Crippen LogP contribution in [-0.2, 0) is 5.54 Å². The van der Waals surface area contributed by atoms with Crippen molar-refractivity contribution in [2.75, 3.05) is 7.11 Å². The number of nitro benzene ring substituents is 1. The lowest BCUT2D eigenvalue weighted by atomic mass is 10.1. The largest absolute Gasteiger partial charge is 0.490 e. The van der Waals surface area contributed by atoms with Crippen LogP contribution in [0.3, 0.4) is 0 Å². The van der Waals surface area contributed by atoms with E-state index in [4.69, 9.17) is 17.0 Å². The van der Waals surface area contributed by atoms with E-state index in [1.807, 2.05) is 25.3 Å². The molecule has 0 aliphatic rings. The minimum absolute atomic E-state index is 0.107. The highest BCUT2D eigenvalue weighted by molar-refractivity contribution is 7.71. The lowest BCUT2D eigenvalue weighted by Crippen LogP contribution is -2.23. The van der Waals surface area contributed by atoms with Gasteiger partial charge >= 0.3 is 5.69 Å². The number of methoxy groups -OCH3 is 1. The van der Waals surface area contributed by atoms with Gasteiger partial charge in [0, 0.05) is 11.6 Å². The van der Waals surface area contributed by atoms with Gasteiger partial charge < -0.3 is 4.74 Å². The van der Waals surface area contributed by atoms with Crippen LogP contribution in [0.1, 0.15) is 20.8 Å².